The highest BCUT2D eigenvalue weighted by Gasteiger charge is 2.39. The van der Waals surface area contributed by atoms with E-state index >= 15 is 0 Å². The molecule has 0 atom stereocenters. The van der Waals surface area contributed by atoms with Gasteiger partial charge in [0.1, 0.15) is 0 Å². The van der Waals surface area contributed by atoms with Gasteiger partial charge in [-0.2, -0.15) is 0 Å². The van der Waals surface area contributed by atoms with E-state index in [0.29, 0.717) is 11.5 Å². The van der Waals surface area contributed by atoms with Crippen molar-refractivity contribution in [1.29, 1.82) is 0 Å². The minimum absolute atomic E-state index is 0. The molecule has 2 N–H and O–H groups in total. The van der Waals surface area contributed by atoms with E-state index in [-0.39, 0.29) is 18.3 Å². The normalized spacial score (nSPS) is 27.0. The van der Waals surface area contributed by atoms with Crippen molar-refractivity contribution in [2.24, 2.45) is 5.41 Å². The Morgan fingerprint density at radius 1 is 1.19 bits per heavy atom. The molecule has 2 aliphatic rings. The molecule has 4 heteroatoms. The SMILES string of the molecule is CNC1CCC2(CC1)Cc1ccc(NC(C)=O)cc1C2.Cl. The van der Waals surface area contributed by atoms with Gasteiger partial charge >= 0.3 is 0 Å². The number of amides is 1. The fourth-order valence-corrected chi connectivity index (χ4v) is 3.99. The molecule has 1 spiro atoms. The average Bonchev–Trinajstić information content (AvgIpc) is 2.76. The van der Waals surface area contributed by atoms with E-state index in [1.807, 2.05) is 6.07 Å². The van der Waals surface area contributed by atoms with Gasteiger partial charge in [0.2, 0.25) is 5.91 Å². The van der Waals surface area contributed by atoms with Crippen LogP contribution >= 0.6 is 12.4 Å². The Labute approximate surface area is 133 Å². The zero-order valence-electron chi connectivity index (χ0n) is 12.9. The molecule has 1 aromatic carbocycles. The van der Waals surface area contributed by atoms with Crippen LogP contribution in [0, 0.1) is 5.41 Å². The second-order valence-electron chi connectivity index (χ2n) is 6.58. The first kappa shape index (κ1) is 16.3. The van der Waals surface area contributed by atoms with Gasteiger partial charge < -0.3 is 10.6 Å². The summed E-state index contributed by atoms with van der Waals surface area (Å²) in [7, 11) is 2.08. The number of fused-ring (bicyclic) bond motifs is 1. The highest BCUT2D eigenvalue weighted by Crippen LogP contribution is 2.47. The summed E-state index contributed by atoms with van der Waals surface area (Å²) >= 11 is 0. The number of carbonyl (C=O) groups excluding carboxylic acids is 1. The smallest absolute Gasteiger partial charge is 0.221 e. The monoisotopic (exact) mass is 308 g/mol. The van der Waals surface area contributed by atoms with Gasteiger partial charge in [0.15, 0.2) is 0 Å². The van der Waals surface area contributed by atoms with Gasteiger partial charge in [-0.1, -0.05) is 6.07 Å². The molecule has 116 valence electrons. The molecule has 0 radical (unpaired) electrons. The molecule has 1 fully saturated rings. The minimum atomic E-state index is 0. The Morgan fingerprint density at radius 3 is 2.48 bits per heavy atom. The largest absolute Gasteiger partial charge is 0.326 e. The molecule has 0 saturated heterocycles. The Balaban J connectivity index is 0.00000161. The van der Waals surface area contributed by atoms with E-state index in [2.05, 4.69) is 29.8 Å². The summed E-state index contributed by atoms with van der Waals surface area (Å²) in [5.74, 6) is 0.00666. The molecule has 2 aliphatic carbocycles. The predicted molar refractivity (Wildman–Crippen MR) is 89.2 cm³/mol. The first-order chi connectivity index (χ1) is 9.60. The summed E-state index contributed by atoms with van der Waals surface area (Å²) in [6.45, 7) is 1.56. The van der Waals surface area contributed by atoms with Crippen LogP contribution in [0.1, 0.15) is 43.7 Å². The van der Waals surface area contributed by atoms with Crippen LogP contribution in [0.15, 0.2) is 18.2 Å². The lowest BCUT2D eigenvalue weighted by Crippen LogP contribution is -2.36. The molecule has 3 nitrogen and oxygen atoms in total. The number of anilines is 1. The molecule has 3 rings (SSSR count). The van der Waals surface area contributed by atoms with Crippen LogP contribution in [-0.2, 0) is 17.6 Å². The van der Waals surface area contributed by atoms with Crippen molar-refractivity contribution in [1.82, 2.24) is 5.32 Å². The third-order valence-electron chi connectivity index (χ3n) is 5.11. The Kier molecular flexibility index (Phi) is 4.95. The van der Waals surface area contributed by atoms with E-state index in [1.165, 1.54) is 49.7 Å². The number of hydrogen-bond donors (Lipinski definition) is 2. The van der Waals surface area contributed by atoms with E-state index in [9.17, 15) is 4.79 Å². The average molecular weight is 309 g/mol. The lowest BCUT2D eigenvalue weighted by molar-refractivity contribution is -0.114. The van der Waals surface area contributed by atoms with Gasteiger partial charge in [0.25, 0.3) is 0 Å². The van der Waals surface area contributed by atoms with Gasteiger partial charge in [0.05, 0.1) is 0 Å². The van der Waals surface area contributed by atoms with E-state index < -0.39 is 0 Å². The fraction of sp³-hybridized carbons (Fsp3) is 0.588. The highest BCUT2D eigenvalue weighted by molar-refractivity contribution is 5.88. The third kappa shape index (κ3) is 3.41. The summed E-state index contributed by atoms with van der Waals surface area (Å²) in [5, 5.41) is 6.31. The van der Waals surface area contributed by atoms with Crippen molar-refractivity contribution in [3.63, 3.8) is 0 Å². The van der Waals surface area contributed by atoms with E-state index in [1.54, 1.807) is 6.92 Å². The quantitative estimate of drug-likeness (QED) is 0.880. The lowest BCUT2D eigenvalue weighted by Gasteiger charge is -2.37. The number of rotatable bonds is 2. The van der Waals surface area contributed by atoms with Crippen LogP contribution in [0.3, 0.4) is 0 Å². The zero-order valence-corrected chi connectivity index (χ0v) is 13.7. The van der Waals surface area contributed by atoms with Crippen molar-refractivity contribution >= 4 is 24.0 Å². The molecule has 1 amide bonds. The van der Waals surface area contributed by atoms with E-state index in [0.717, 1.165) is 5.69 Å². The van der Waals surface area contributed by atoms with Crippen LogP contribution in [0.4, 0.5) is 5.69 Å². The van der Waals surface area contributed by atoms with E-state index in [4.69, 9.17) is 0 Å². The topological polar surface area (TPSA) is 41.1 Å². The predicted octanol–water partition coefficient (Wildman–Crippen LogP) is 3.31. The summed E-state index contributed by atoms with van der Waals surface area (Å²) in [4.78, 5) is 11.2. The molecular weight excluding hydrogens is 284 g/mol. The Hall–Kier alpha value is -1.06. The second-order valence-corrected chi connectivity index (χ2v) is 6.58. The lowest BCUT2D eigenvalue weighted by atomic mass is 9.70. The van der Waals surface area contributed by atoms with Crippen LogP contribution in [0.25, 0.3) is 0 Å². The standard InChI is InChI=1S/C17H24N2O.ClH/c1-12(20)19-16-4-3-13-10-17(11-14(13)9-16)7-5-15(18-2)6-8-17;/h3-4,9,15,18H,5-8,10-11H2,1-2H3,(H,19,20);1H. The zero-order chi connectivity index (χ0) is 14.2. The first-order valence-electron chi connectivity index (χ1n) is 7.67. The highest BCUT2D eigenvalue weighted by atomic mass is 35.5. The van der Waals surface area contributed by atoms with Crippen molar-refractivity contribution in [3.8, 4) is 0 Å². The number of nitrogens with one attached hydrogen (secondary N) is 2. The van der Waals surface area contributed by atoms with Gasteiger partial charge in [0, 0.05) is 18.7 Å². The van der Waals surface area contributed by atoms with Crippen molar-refractivity contribution in [2.45, 2.75) is 51.5 Å². The molecule has 0 unspecified atom stereocenters. The number of hydrogen-bond acceptors (Lipinski definition) is 2. The first-order valence-corrected chi connectivity index (χ1v) is 7.67. The van der Waals surface area contributed by atoms with Gasteiger partial charge in [-0.15, -0.1) is 12.4 Å². The molecule has 1 aromatic rings. The van der Waals surface area contributed by atoms with Gasteiger partial charge in [-0.25, -0.2) is 0 Å². The molecule has 0 aliphatic heterocycles. The Morgan fingerprint density at radius 2 is 1.86 bits per heavy atom. The van der Waals surface area contributed by atoms with Crippen molar-refractivity contribution < 1.29 is 4.79 Å². The van der Waals surface area contributed by atoms with Crippen molar-refractivity contribution in [3.05, 3.63) is 29.3 Å². The Bertz CT molecular complexity index is 522. The molecule has 0 bridgehead atoms. The molecule has 1 saturated carbocycles. The summed E-state index contributed by atoms with van der Waals surface area (Å²) in [6.07, 6.45) is 7.64. The molecular formula is C17H25ClN2O. The van der Waals surface area contributed by atoms with Gasteiger partial charge in [-0.3, -0.25) is 4.79 Å². The molecule has 21 heavy (non-hydrogen) atoms. The third-order valence-corrected chi connectivity index (χ3v) is 5.11. The second kappa shape index (κ2) is 6.37. The summed E-state index contributed by atoms with van der Waals surface area (Å²) < 4.78 is 0. The maximum absolute atomic E-state index is 11.2. The van der Waals surface area contributed by atoms with Crippen LogP contribution < -0.4 is 10.6 Å². The van der Waals surface area contributed by atoms with Crippen LogP contribution in [0.2, 0.25) is 0 Å². The van der Waals surface area contributed by atoms with Crippen LogP contribution in [-0.4, -0.2) is 19.0 Å². The molecule has 0 heterocycles. The maximum Gasteiger partial charge on any atom is 0.221 e. The van der Waals surface area contributed by atoms with Crippen molar-refractivity contribution in [2.75, 3.05) is 12.4 Å². The minimum Gasteiger partial charge on any atom is -0.326 e. The summed E-state index contributed by atoms with van der Waals surface area (Å²) in [6, 6.07) is 7.13. The molecule has 0 aromatic heterocycles. The summed E-state index contributed by atoms with van der Waals surface area (Å²) in [5.41, 5.74) is 4.36. The fourth-order valence-electron chi connectivity index (χ4n) is 3.99. The number of carbonyl (C=O) groups is 1. The van der Waals surface area contributed by atoms with Gasteiger partial charge in [-0.05, 0) is 74.2 Å². The maximum atomic E-state index is 11.2. The number of halogens is 1. The number of benzene rings is 1. The van der Waals surface area contributed by atoms with Crippen LogP contribution in [0.5, 0.6) is 0 Å².